The Morgan fingerprint density at radius 2 is 1.45 bits per heavy atom. The maximum absolute atomic E-state index is 12.2. The summed E-state index contributed by atoms with van der Waals surface area (Å²) < 4.78 is 0. The van der Waals surface area contributed by atoms with Gasteiger partial charge in [-0.3, -0.25) is 4.79 Å². The molecule has 0 aliphatic rings. The topological polar surface area (TPSA) is 65.2 Å². The number of carbonyl (C=O) groups excluding carboxylic acids is 1. The van der Waals surface area contributed by atoms with Crippen LogP contribution in [0.25, 0.3) is 0 Å². The minimum Gasteiger partial charge on any atom is -0.316 e. The Balaban J connectivity index is 0.00000441. The molecule has 1 aromatic rings. The number of halogens is 2. The number of hydrogen-bond acceptors (Lipinski definition) is 4. The zero-order valence-electron chi connectivity index (χ0n) is 13.3. The zero-order valence-corrected chi connectivity index (χ0v) is 15.7. The van der Waals surface area contributed by atoms with E-state index in [0.717, 1.165) is 19.6 Å². The van der Waals surface area contributed by atoms with Crippen molar-refractivity contribution in [1.29, 1.82) is 0 Å². The predicted octanol–water partition coefficient (Wildman–Crippen LogP) is 3.04. The highest BCUT2D eigenvalue weighted by atomic mass is 35.5. The Labute approximate surface area is 144 Å². The van der Waals surface area contributed by atoms with Crippen LogP contribution in [0.5, 0.6) is 0 Å². The van der Waals surface area contributed by atoms with E-state index in [1.807, 2.05) is 0 Å². The SMILES string of the molecule is CCN[P+](CNC(=O)c1ccc(Cl)cc1)(NCC)NCC.Cl. The summed E-state index contributed by atoms with van der Waals surface area (Å²) in [6.45, 7) is 8.69. The van der Waals surface area contributed by atoms with Crippen LogP contribution in [0.3, 0.4) is 0 Å². The van der Waals surface area contributed by atoms with Crippen LogP contribution in [0.15, 0.2) is 24.3 Å². The van der Waals surface area contributed by atoms with Crippen molar-refractivity contribution in [2.75, 3.05) is 25.9 Å². The van der Waals surface area contributed by atoms with Crippen molar-refractivity contribution in [1.82, 2.24) is 20.6 Å². The van der Waals surface area contributed by atoms with Crippen molar-refractivity contribution in [2.45, 2.75) is 20.8 Å². The average molecular weight is 368 g/mol. The molecule has 126 valence electrons. The summed E-state index contributed by atoms with van der Waals surface area (Å²) in [4.78, 5) is 12.2. The van der Waals surface area contributed by atoms with E-state index in [0.29, 0.717) is 16.9 Å². The minimum absolute atomic E-state index is 0. The molecule has 0 aliphatic heterocycles. The van der Waals surface area contributed by atoms with E-state index >= 15 is 0 Å². The van der Waals surface area contributed by atoms with Gasteiger partial charge in [0.2, 0.25) is 7.71 Å². The summed E-state index contributed by atoms with van der Waals surface area (Å²) in [6, 6.07) is 6.90. The summed E-state index contributed by atoms with van der Waals surface area (Å²) in [7, 11) is -1.79. The molecule has 5 nitrogen and oxygen atoms in total. The fourth-order valence-electron chi connectivity index (χ4n) is 2.04. The van der Waals surface area contributed by atoms with Crippen LogP contribution in [0.1, 0.15) is 31.1 Å². The van der Waals surface area contributed by atoms with Crippen LogP contribution in [-0.2, 0) is 0 Å². The van der Waals surface area contributed by atoms with Gasteiger partial charge in [-0.15, -0.1) is 12.4 Å². The second-order valence-corrected chi connectivity index (χ2v) is 7.84. The molecule has 0 aliphatic carbocycles. The molecule has 0 aromatic heterocycles. The first-order valence-electron chi connectivity index (χ1n) is 7.24. The molecule has 0 spiro atoms. The zero-order chi connectivity index (χ0) is 15.7. The van der Waals surface area contributed by atoms with Gasteiger partial charge in [0.05, 0.1) is 0 Å². The van der Waals surface area contributed by atoms with Crippen molar-refractivity contribution >= 4 is 37.6 Å². The molecule has 0 atom stereocenters. The highest BCUT2D eigenvalue weighted by molar-refractivity contribution is 7.70. The summed E-state index contributed by atoms with van der Waals surface area (Å²) in [5.41, 5.74) is 0.613. The largest absolute Gasteiger partial charge is 0.316 e. The van der Waals surface area contributed by atoms with E-state index in [1.165, 1.54) is 0 Å². The maximum Gasteiger partial charge on any atom is 0.254 e. The first-order chi connectivity index (χ1) is 10.1. The number of nitrogens with one attached hydrogen (secondary N) is 4. The van der Waals surface area contributed by atoms with Crippen molar-refractivity contribution in [3.8, 4) is 0 Å². The van der Waals surface area contributed by atoms with Gasteiger partial charge in [-0.25, -0.2) is 0 Å². The van der Waals surface area contributed by atoms with Crippen molar-refractivity contribution in [3.05, 3.63) is 34.9 Å². The highest BCUT2D eigenvalue weighted by Crippen LogP contribution is 2.43. The smallest absolute Gasteiger partial charge is 0.254 e. The molecule has 0 saturated carbocycles. The molecule has 4 N–H and O–H groups in total. The average Bonchev–Trinajstić information content (AvgIpc) is 2.46. The van der Waals surface area contributed by atoms with E-state index in [2.05, 4.69) is 41.3 Å². The van der Waals surface area contributed by atoms with Crippen molar-refractivity contribution < 1.29 is 4.79 Å². The van der Waals surface area contributed by atoms with Crippen LogP contribution < -0.4 is 20.6 Å². The highest BCUT2D eigenvalue weighted by Gasteiger charge is 2.36. The van der Waals surface area contributed by atoms with Crippen LogP contribution >= 0.6 is 31.7 Å². The van der Waals surface area contributed by atoms with Gasteiger partial charge < -0.3 is 5.32 Å². The molecule has 1 rings (SSSR count). The minimum atomic E-state index is -1.79. The number of hydrogen-bond donors (Lipinski definition) is 4. The third-order valence-corrected chi connectivity index (χ3v) is 6.32. The molecule has 0 bridgehead atoms. The van der Waals surface area contributed by atoms with Crippen LogP contribution in [-0.4, -0.2) is 31.8 Å². The quantitative estimate of drug-likeness (QED) is 0.506. The number of rotatable bonds is 9. The standard InChI is InChI=1S/C14H24ClN4OP.ClH/c1-4-17-21(18-5-2,19-6-3)11-16-14(20)12-7-9-13(15)10-8-12;/h7-10,17-19H,4-6,11H2,1-3H3;1H/p+1. The summed E-state index contributed by atoms with van der Waals surface area (Å²) in [6.07, 6.45) is 0.546. The van der Waals surface area contributed by atoms with Gasteiger partial charge in [0.15, 0.2) is 6.29 Å². The van der Waals surface area contributed by atoms with Gasteiger partial charge in [-0.1, -0.05) is 11.6 Å². The molecule has 0 saturated heterocycles. The molecule has 0 unspecified atom stereocenters. The fraction of sp³-hybridized carbons (Fsp3) is 0.500. The molecular weight excluding hydrogens is 342 g/mol. The van der Waals surface area contributed by atoms with Crippen molar-refractivity contribution in [3.63, 3.8) is 0 Å². The van der Waals surface area contributed by atoms with Gasteiger partial charge in [0.1, 0.15) is 0 Å². The fourth-order valence-corrected chi connectivity index (χ4v) is 4.84. The van der Waals surface area contributed by atoms with Gasteiger partial charge >= 0.3 is 0 Å². The van der Waals surface area contributed by atoms with Gasteiger partial charge in [0, 0.05) is 30.2 Å². The van der Waals surface area contributed by atoms with E-state index in [4.69, 9.17) is 11.6 Å². The van der Waals surface area contributed by atoms with Crippen molar-refractivity contribution in [2.24, 2.45) is 0 Å². The lowest BCUT2D eigenvalue weighted by Gasteiger charge is -2.27. The lowest BCUT2D eigenvalue weighted by Crippen LogP contribution is -2.44. The van der Waals surface area contributed by atoms with E-state index in [9.17, 15) is 4.79 Å². The second kappa shape index (κ2) is 11.2. The van der Waals surface area contributed by atoms with Gasteiger partial charge in [0.25, 0.3) is 5.91 Å². The lowest BCUT2D eigenvalue weighted by atomic mass is 10.2. The van der Waals surface area contributed by atoms with E-state index in [-0.39, 0.29) is 18.3 Å². The lowest BCUT2D eigenvalue weighted by molar-refractivity contribution is 0.0960. The Morgan fingerprint density at radius 1 is 1.00 bits per heavy atom. The van der Waals surface area contributed by atoms with Crippen LogP contribution in [0.2, 0.25) is 5.02 Å². The number of benzene rings is 1. The molecule has 22 heavy (non-hydrogen) atoms. The Morgan fingerprint density at radius 3 is 1.86 bits per heavy atom. The molecular formula is C14H26Cl2N4OP+. The first-order valence-corrected chi connectivity index (χ1v) is 9.59. The molecule has 1 aromatic carbocycles. The maximum atomic E-state index is 12.2. The third kappa shape index (κ3) is 6.78. The molecule has 8 heteroatoms. The Bertz CT molecular complexity index is 428. The third-order valence-electron chi connectivity index (χ3n) is 2.87. The van der Waals surface area contributed by atoms with E-state index < -0.39 is 7.71 Å². The molecule has 0 heterocycles. The molecule has 0 radical (unpaired) electrons. The summed E-state index contributed by atoms with van der Waals surface area (Å²) in [5, 5.41) is 14.0. The Kier molecular flexibility index (Phi) is 11.0. The van der Waals surface area contributed by atoms with Gasteiger partial charge in [-0.2, -0.15) is 15.3 Å². The monoisotopic (exact) mass is 367 g/mol. The molecule has 0 fully saturated rings. The van der Waals surface area contributed by atoms with E-state index in [1.54, 1.807) is 24.3 Å². The van der Waals surface area contributed by atoms with Gasteiger partial charge in [-0.05, 0) is 45.0 Å². The number of carbonyl (C=O) groups is 1. The second-order valence-electron chi connectivity index (χ2n) is 4.52. The van der Waals surface area contributed by atoms with Crippen LogP contribution in [0, 0.1) is 0 Å². The Hall–Kier alpha value is -0.420. The predicted molar refractivity (Wildman–Crippen MR) is 99.0 cm³/mol. The van der Waals surface area contributed by atoms with Crippen LogP contribution in [0.4, 0.5) is 0 Å². The number of amides is 1. The molecule has 1 amide bonds. The summed E-state index contributed by atoms with van der Waals surface area (Å²) in [5.74, 6) is -0.0928. The summed E-state index contributed by atoms with van der Waals surface area (Å²) >= 11 is 5.83. The first kappa shape index (κ1) is 21.6. The normalized spacial score (nSPS) is 10.9.